The van der Waals surface area contributed by atoms with E-state index in [2.05, 4.69) is 15.6 Å². The highest BCUT2D eigenvalue weighted by Gasteiger charge is 2.25. The van der Waals surface area contributed by atoms with Crippen LogP contribution in [0.5, 0.6) is 5.75 Å². The number of benzene rings is 1. The largest absolute Gasteiger partial charge is 0.488 e. The summed E-state index contributed by atoms with van der Waals surface area (Å²) in [5.41, 5.74) is 4.07. The van der Waals surface area contributed by atoms with Gasteiger partial charge in [-0.15, -0.1) is 5.54 Å². The maximum atomic E-state index is 12.9. The molecule has 0 unspecified atom stereocenters. The van der Waals surface area contributed by atoms with Crippen molar-refractivity contribution in [2.24, 2.45) is 0 Å². The van der Waals surface area contributed by atoms with Crippen LogP contribution < -0.4 is 4.18 Å². The zero-order valence-electron chi connectivity index (χ0n) is 13.9. The molecule has 0 aliphatic rings. The van der Waals surface area contributed by atoms with E-state index in [0.29, 0.717) is 16.7 Å². The molecule has 0 aromatic heterocycles. The molecule has 0 bridgehead atoms. The van der Waals surface area contributed by atoms with Gasteiger partial charge < -0.3 is 9.29 Å². The van der Waals surface area contributed by atoms with Gasteiger partial charge in [0.1, 0.15) is 8.07 Å². The highest BCUT2D eigenvalue weighted by molar-refractivity contribution is 7.81. The van der Waals surface area contributed by atoms with Gasteiger partial charge in [0.25, 0.3) is 0 Å². The first-order chi connectivity index (χ1) is 10.2. The number of hydrogen-bond acceptors (Lipinski definition) is 4. The van der Waals surface area contributed by atoms with Gasteiger partial charge in [0.15, 0.2) is 5.75 Å². The van der Waals surface area contributed by atoms with E-state index in [4.69, 9.17) is 0 Å². The molecular formula is C15H19FO5SSi. The lowest BCUT2D eigenvalue weighted by molar-refractivity contribution is 0.0694. The molecule has 0 amide bonds. The van der Waals surface area contributed by atoms with Crippen LogP contribution in [0.3, 0.4) is 0 Å². The second-order valence-electron chi connectivity index (χ2n) is 6.24. The van der Waals surface area contributed by atoms with E-state index in [1.807, 2.05) is 19.6 Å². The summed E-state index contributed by atoms with van der Waals surface area (Å²) < 4.78 is 39.0. The van der Waals surface area contributed by atoms with Gasteiger partial charge in [-0.1, -0.05) is 29.4 Å². The molecule has 8 heteroatoms. The molecule has 0 aliphatic carbocycles. The molecule has 126 valence electrons. The van der Waals surface area contributed by atoms with Crippen LogP contribution in [0.1, 0.15) is 32.6 Å². The highest BCUT2D eigenvalue weighted by atomic mass is 32.3. The zero-order valence-corrected chi connectivity index (χ0v) is 15.7. The first-order valence-electron chi connectivity index (χ1n) is 6.79. The Morgan fingerprint density at radius 1 is 1.13 bits per heavy atom. The minimum Gasteiger partial charge on any atom is -0.478 e. The average Bonchev–Trinajstić information content (AvgIpc) is 2.31. The molecule has 0 saturated heterocycles. The number of carbonyl (C=O) groups is 1. The SMILES string of the molecule is Cc1c(C#C[Si](C)(C)C)c(C)c(C(=O)O)c(C)c1OS(=O)(=O)F. The van der Waals surface area contributed by atoms with E-state index in [1.54, 1.807) is 6.92 Å². The first kappa shape index (κ1) is 19.2. The lowest BCUT2D eigenvalue weighted by Crippen LogP contribution is -2.17. The minimum atomic E-state index is -5.27. The van der Waals surface area contributed by atoms with Crippen molar-refractivity contribution >= 4 is 24.5 Å². The van der Waals surface area contributed by atoms with Crippen molar-refractivity contribution in [1.82, 2.24) is 0 Å². The van der Waals surface area contributed by atoms with E-state index in [1.165, 1.54) is 13.8 Å². The first-order valence-corrected chi connectivity index (χ1v) is 11.6. The Hall–Kier alpha value is -1.85. The number of halogens is 1. The molecule has 0 fully saturated rings. The molecule has 23 heavy (non-hydrogen) atoms. The molecule has 0 atom stereocenters. The van der Waals surface area contributed by atoms with Crippen LogP contribution in [-0.2, 0) is 10.5 Å². The minimum absolute atomic E-state index is 0.0484. The van der Waals surface area contributed by atoms with Crippen molar-refractivity contribution in [3.63, 3.8) is 0 Å². The second-order valence-corrected chi connectivity index (χ2v) is 11.9. The third-order valence-electron chi connectivity index (χ3n) is 3.14. The van der Waals surface area contributed by atoms with E-state index in [9.17, 15) is 22.2 Å². The number of rotatable bonds is 3. The Morgan fingerprint density at radius 2 is 1.65 bits per heavy atom. The third kappa shape index (κ3) is 4.81. The number of carboxylic acids is 1. The Balaban J connectivity index is 3.83. The Morgan fingerprint density at radius 3 is 2.04 bits per heavy atom. The van der Waals surface area contributed by atoms with Crippen molar-refractivity contribution < 1.29 is 26.4 Å². The van der Waals surface area contributed by atoms with Gasteiger partial charge in [-0.3, -0.25) is 0 Å². The monoisotopic (exact) mass is 358 g/mol. The Bertz CT molecular complexity index is 826. The molecule has 1 aromatic carbocycles. The van der Waals surface area contributed by atoms with Crippen LogP contribution in [0.15, 0.2) is 0 Å². The van der Waals surface area contributed by atoms with E-state index in [0.717, 1.165) is 0 Å². The summed E-state index contributed by atoms with van der Waals surface area (Å²) in [6, 6.07) is 0. The van der Waals surface area contributed by atoms with Gasteiger partial charge in [0.2, 0.25) is 0 Å². The van der Waals surface area contributed by atoms with E-state index in [-0.39, 0.29) is 16.9 Å². The van der Waals surface area contributed by atoms with Gasteiger partial charge in [0, 0.05) is 16.7 Å². The molecule has 0 aliphatic heterocycles. The predicted molar refractivity (Wildman–Crippen MR) is 88.5 cm³/mol. The predicted octanol–water partition coefficient (Wildman–Crippen LogP) is 3.13. The molecule has 1 aromatic rings. The second kappa shape index (κ2) is 6.33. The molecule has 0 saturated carbocycles. The molecule has 5 nitrogen and oxygen atoms in total. The number of hydrogen-bond donors (Lipinski definition) is 1. The summed E-state index contributed by atoms with van der Waals surface area (Å²) in [7, 11) is -7.02. The lowest BCUT2D eigenvalue weighted by atomic mass is 9.92. The average molecular weight is 358 g/mol. The van der Waals surface area contributed by atoms with Crippen molar-refractivity contribution in [2.75, 3.05) is 0 Å². The van der Waals surface area contributed by atoms with Crippen molar-refractivity contribution in [2.45, 2.75) is 40.4 Å². The molecule has 0 heterocycles. The fourth-order valence-electron chi connectivity index (χ4n) is 2.18. The van der Waals surface area contributed by atoms with Crippen LogP contribution >= 0.6 is 0 Å². The van der Waals surface area contributed by atoms with Crippen molar-refractivity contribution in [3.8, 4) is 17.2 Å². The van der Waals surface area contributed by atoms with Gasteiger partial charge in [0.05, 0.1) is 5.56 Å². The van der Waals surface area contributed by atoms with E-state index < -0.39 is 24.5 Å². The summed E-state index contributed by atoms with van der Waals surface area (Å²) in [6.07, 6.45) is 0. The lowest BCUT2D eigenvalue weighted by Gasteiger charge is -2.16. The van der Waals surface area contributed by atoms with Crippen molar-refractivity contribution in [1.29, 1.82) is 0 Å². The van der Waals surface area contributed by atoms with Gasteiger partial charge >= 0.3 is 16.5 Å². The third-order valence-corrected chi connectivity index (χ3v) is 4.38. The smallest absolute Gasteiger partial charge is 0.478 e. The number of carboxylic acid groups (broad SMARTS) is 1. The van der Waals surface area contributed by atoms with Crippen LogP contribution in [-0.4, -0.2) is 27.6 Å². The van der Waals surface area contributed by atoms with Crippen LogP contribution in [0.4, 0.5) is 3.89 Å². The fraction of sp³-hybridized carbons (Fsp3) is 0.400. The zero-order chi connectivity index (χ0) is 18.2. The summed E-state index contributed by atoms with van der Waals surface area (Å²) in [5.74, 6) is 1.34. The summed E-state index contributed by atoms with van der Waals surface area (Å²) in [4.78, 5) is 11.5. The summed E-state index contributed by atoms with van der Waals surface area (Å²) in [6.45, 7) is 10.5. The van der Waals surface area contributed by atoms with Gasteiger partial charge in [-0.2, -0.15) is 8.42 Å². The topological polar surface area (TPSA) is 80.7 Å². The van der Waals surface area contributed by atoms with Gasteiger partial charge in [-0.05, 0) is 26.3 Å². The van der Waals surface area contributed by atoms with Gasteiger partial charge in [-0.25, -0.2) is 4.79 Å². The maximum Gasteiger partial charge on any atom is 0.488 e. The van der Waals surface area contributed by atoms with Crippen molar-refractivity contribution in [3.05, 3.63) is 27.8 Å². The quantitative estimate of drug-likeness (QED) is 0.510. The fourth-order valence-corrected chi connectivity index (χ4v) is 3.13. The molecular weight excluding hydrogens is 339 g/mol. The van der Waals surface area contributed by atoms with Crippen LogP contribution in [0.2, 0.25) is 19.6 Å². The standard InChI is InChI=1S/C15H19FO5SSi/c1-9-12(7-8-23(4,5)6)10(2)14(21-22(16,19)20)11(3)13(9)15(17)18/h1-6H3,(H,17,18). The van der Waals surface area contributed by atoms with Crippen LogP contribution in [0.25, 0.3) is 0 Å². The normalized spacial score (nSPS) is 11.6. The van der Waals surface area contributed by atoms with E-state index >= 15 is 0 Å². The Labute approximate surface area is 136 Å². The van der Waals surface area contributed by atoms with Crippen LogP contribution in [0, 0.1) is 32.2 Å². The number of aromatic carboxylic acids is 1. The molecule has 0 spiro atoms. The maximum absolute atomic E-state index is 12.9. The summed E-state index contributed by atoms with van der Waals surface area (Å²) in [5, 5.41) is 9.37. The molecule has 1 N–H and O–H groups in total. The molecule has 0 radical (unpaired) electrons. The highest BCUT2D eigenvalue weighted by Crippen LogP contribution is 2.34. The Kier molecular flexibility index (Phi) is 5.29. The summed E-state index contributed by atoms with van der Waals surface area (Å²) >= 11 is 0. The molecule has 1 rings (SSSR count).